The van der Waals surface area contributed by atoms with E-state index in [-0.39, 0.29) is 17.5 Å². The van der Waals surface area contributed by atoms with Gasteiger partial charge in [-0.05, 0) is 54.4 Å². The zero-order valence-electron chi connectivity index (χ0n) is 18.8. The van der Waals surface area contributed by atoms with Crippen molar-refractivity contribution >= 4 is 34.2 Å². The first-order valence-corrected chi connectivity index (χ1v) is 10.9. The van der Waals surface area contributed by atoms with Crippen molar-refractivity contribution in [3.8, 4) is 0 Å². The minimum absolute atomic E-state index is 0.0205. The third-order valence-corrected chi connectivity index (χ3v) is 5.37. The fraction of sp³-hybridized carbons (Fsp3) is 0.192. The summed E-state index contributed by atoms with van der Waals surface area (Å²) in [5.41, 5.74) is 3.84. The van der Waals surface area contributed by atoms with Crippen LogP contribution in [0.5, 0.6) is 0 Å². The van der Waals surface area contributed by atoms with E-state index in [1.165, 1.54) is 6.07 Å². The highest BCUT2D eigenvalue weighted by Gasteiger charge is 2.12. The molecule has 0 spiro atoms. The van der Waals surface area contributed by atoms with Crippen molar-refractivity contribution in [2.24, 2.45) is 5.92 Å². The second-order valence-corrected chi connectivity index (χ2v) is 8.34. The topological polar surface area (TPSA) is 86.9 Å². The van der Waals surface area contributed by atoms with Crippen molar-refractivity contribution in [1.82, 2.24) is 9.97 Å². The summed E-state index contributed by atoms with van der Waals surface area (Å²) >= 11 is 0. The first-order chi connectivity index (χ1) is 16.3. The molecule has 0 fully saturated rings. The van der Waals surface area contributed by atoms with Gasteiger partial charge in [0, 0.05) is 35.3 Å². The lowest BCUT2D eigenvalue weighted by Gasteiger charge is -2.08. The molecule has 4 aromatic rings. The molecule has 1 aromatic heterocycles. The molecule has 1 heterocycles. The van der Waals surface area contributed by atoms with Crippen LogP contribution in [-0.2, 0) is 17.6 Å². The lowest BCUT2D eigenvalue weighted by atomic mass is 10.1. The van der Waals surface area contributed by atoms with Crippen LogP contribution in [0.25, 0.3) is 11.0 Å². The van der Waals surface area contributed by atoms with Gasteiger partial charge in [-0.25, -0.2) is 13.8 Å². The Hall–Kier alpha value is -4.07. The maximum Gasteiger partial charge on any atom is 0.255 e. The summed E-state index contributed by atoms with van der Waals surface area (Å²) in [6.07, 6.45) is 1.42. The van der Waals surface area contributed by atoms with Crippen LogP contribution in [0.2, 0.25) is 0 Å². The van der Waals surface area contributed by atoms with Crippen LogP contribution in [0.3, 0.4) is 0 Å². The standard InChI is InChI=1S/C26H24F2N4O2/c1-15(2)25(33)29-18-7-3-16(4-8-18)5-12-24-31-22-11-6-17(13-23(22)32-24)26(34)30-19-9-10-20(27)21(28)14-19/h3-4,6-11,13-15H,5,12H2,1-2H3,(H,29,33)(H,30,34)(H,31,32). The Kier molecular flexibility index (Phi) is 6.67. The summed E-state index contributed by atoms with van der Waals surface area (Å²) in [5, 5.41) is 5.43. The lowest BCUT2D eigenvalue weighted by molar-refractivity contribution is -0.118. The molecule has 0 saturated heterocycles. The van der Waals surface area contributed by atoms with Crippen LogP contribution in [0.1, 0.15) is 35.6 Å². The maximum atomic E-state index is 13.4. The minimum Gasteiger partial charge on any atom is -0.342 e. The molecule has 3 aromatic carbocycles. The van der Waals surface area contributed by atoms with Crippen molar-refractivity contribution in [3.63, 3.8) is 0 Å². The van der Waals surface area contributed by atoms with Crippen molar-refractivity contribution in [1.29, 1.82) is 0 Å². The number of nitrogens with zero attached hydrogens (tertiary/aromatic N) is 1. The largest absolute Gasteiger partial charge is 0.342 e. The van der Waals surface area contributed by atoms with Gasteiger partial charge in [0.15, 0.2) is 11.6 Å². The second-order valence-electron chi connectivity index (χ2n) is 8.34. The summed E-state index contributed by atoms with van der Waals surface area (Å²) in [7, 11) is 0. The normalized spacial score (nSPS) is 11.1. The number of aromatic nitrogens is 2. The van der Waals surface area contributed by atoms with Gasteiger partial charge in [0.25, 0.3) is 5.91 Å². The van der Waals surface area contributed by atoms with Crippen LogP contribution in [0.15, 0.2) is 60.7 Å². The van der Waals surface area contributed by atoms with E-state index in [0.29, 0.717) is 17.5 Å². The molecule has 0 aliphatic rings. The van der Waals surface area contributed by atoms with Gasteiger partial charge in [-0.1, -0.05) is 26.0 Å². The molecule has 174 valence electrons. The summed E-state index contributed by atoms with van der Waals surface area (Å²) in [4.78, 5) is 32.1. The molecular weight excluding hydrogens is 438 g/mol. The highest BCUT2D eigenvalue weighted by Crippen LogP contribution is 2.19. The van der Waals surface area contributed by atoms with Crippen molar-refractivity contribution in [3.05, 3.63) is 89.2 Å². The number of aryl methyl sites for hydroxylation is 2. The molecule has 3 N–H and O–H groups in total. The Bertz CT molecular complexity index is 1350. The average Bonchev–Trinajstić information content (AvgIpc) is 3.23. The predicted octanol–water partition coefficient (Wildman–Crippen LogP) is 5.47. The summed E-state index contributed by atoms with van der Waals surface area (Å²) in [6.45, 7) is 3.69. The summed E-state index contributed by atoms with van der Waals surface area (Å²) < 4.78 is 26.5. The number of benzene rings is 3. The van der Waals surface area contributed by atoms with E-state index in [9.17, 15) is 18.4 Å². The van der Waals surface area contributed by atoms with E-state index >= 15 is 0 Å². The SMILES string of the molecule is CC(C)C(=O)Nc1ccc(CCc2nc3ccc(C(=O)Nc4ccc(F)c(F)c4)cc3[nH]2)cc1. The van der Waals surface area contributed by atoms with Gasteiger partial charge in [0.2, 0.25) is 5.91 Å². The molecule has 34 heavy (non-hydrogen) atoms. The monoisotopic (exact) mass is 462 g/mol. The fourth-order valence-electron chi connectivity index (χ4n) is 3.40. The Labute approximate surface area is 195 Å². The number of H-pyrrole nitrogens is 1. The zero-order chi connectivity index (χ0) is 24.2. The molecule has 0 aliphatic heterocycles. The van der Waals surface area contributed by atoms with E-state index in [0.717, 1.165) is 41.1 Å². The van der Waals surface area contributed by atoms with Gasteiger partial charge < -0.3 is 15.6 Å². The van der Waals surface area contributed by atoms with Gasteiger partial charge in [-0.2, -0.15) is 0 Å². The number of hydrogen-bond acceptors (Lipinski definition) is 3. The molecule has 0 bridgehead atoms. The first-order valence-electron chi connectivity index (χ1n) is 10.9. The quantitative estimate of drug-likeness (QED) is 0.340. The van der Waals surface area contributed by atoms with E-state index in [2.05, 4.69) is 20.6 Å². The number of carbonyl (C=O) groups excluding carboxylic acids is 2. The molecule has 6 nitrogen and oxygen atoms in total. The molecular formula is C26H24F2N4O2. The predicted molar refractivity (Wildman–Crippen MR) is 128 cm³/mol. The van der Waals surface area contributed by atoms with Gasteiger partial charge in [0.05, 0.1) is 11.0 Å². The molecule has 0 unspecified atom stereocenters. The molecule has 0 radical (unpaired) electrons. The highest BCUT2D eigenvalue weighted by molar-refractivity contribution is 6.05. The van der Waals surface area contributed by atoms with E-state index in [1.807, 2.05) is 38.1 Å². The summed E-state index contributed by atoms with van der Waals surface area (Å²) in [6, 6.07) is 15.9. The number of halogens is 2. The third-order valence-electron chi connectivity index (χ3n) is 5.37. The van der Waals surface area contributed by atoms with Crippen LogP contribution < -0.4 is 10.6 Å². The Morgan fingerprint density at radius 1 is 0.882 bits per heavy atom. The van der Waals surface area contributed by atoms with Crippen molar-refractivity contribution in [2.45, 2.75) is 26.7 Å². The van der Waals surface area contributed by atoms with Crippen LogP contribution in [-0.4, -0.2) is 21.8 Å². The number of aromatic amines is 1. The van der Waals surface area contributed by atoms with Crippen LogP contribution >= 0.6 is 0 Å². The Balaban J connectivity index is 1.39. The van der Waals surface area contributed by atoms with Crippen LogP contribution in [0.4, 0.5) is 20.2 Å². The highest BCUT2D eigenvalue weighted by atomic mass is 19.2. The zero-order valence-corrected chi connectivity index (χ0v) is 18.8. The number of fused-ring (bicyclic) bond motifs is 1. The van der Waals surface area contributed by atoms with E-state index in [4.69, 9.17) is 0 Å². The fourth-order valence-corrected chi connectivity index (χ4v) is 3.40. The lowest BCUT2D eigenvalue weighted by Crippen LogP contribution is -2.17. The average molecular weight is 463 g/mol. The number of anilines is 2. The molecule has 8 heteroatoms. The first kappa shape index (κ1) is 23.1. The maximum absolute atomic E-state index is 13.4. The second kappa shape index (κ2) is 9.82. The van der Waals surface area contributed by atoms with Gasteiger partial charge in [0.1, 0.15) is 5.82 Å². The molecule has 0 atom stereocenters. The molecule has 2 amide bonds. The van der Waals surface area contributed by atoms with Crippen LogP contribution in [0, 0.1) is 17.6 Å². The molecule has 0 aliphatic carbocycles. The molecule has 4 rings (SSSR count). The van der Waals surface area contributed by atoms with Gasteiger partial charge in [-0.3, -0.25) is 9.59 Å². The van der Waals surface area contributed by atoms with E-state index < -0.39 is 17.5 Å². The number of imidazole rings is 1. The van der Waals surface area contributed by atoms with Crippen molar-refractivity contribution in [2.75, 3.05) is 10.6 Å². The number of amides is 2. The van der Waals surface area contributed by atoms with Gasteiger partial charge >= 0.3 is 0 Å². The number of rotatable bonds is 7. The molecule has 0 saturated carbocycles. The number of nitrogens with one attached hydrogen (secondary N) is 3. The third kappa shape index (κ3) is 5.46. The Morgan fingerprint density at radius 3 is 2.32 bits per heavy atom. The van der Waals surface area contributed by atoms with Gasteiger partial charge in [-0.15, -0.1) is 0 Å². The summed E-state index contributed by atoms with van der Waals surface area (Å²) in [5.74, 6) is -1.75. The Morgan fingerprint density at radius 2 is 1.62 bits per heavy atom. The number of carbonyl (C=O) groups is 2. The smallest absolute Gasteiger partial charge is 0.255 e. The van der Waals surface area contributed by atoms with Crippen molar-refractivity contribution < 1.29 is 18.4 Å². The minimum atomic E-state index is -1.03. The number of hydrogen-bond donors (Lipinski definition) is 3. The van der Waals surface area contributed by atoms with E-state index in [1.54, 1.807) is 18.2 Å².